The highest BCUT2D eigenvalue weighted by Crippen LogP contribution is 2.34. The number of nitrogens with zero attached hydrogens (tertiary/aromatic N) is 2. The van der Waals surface area contributed by atoms with Crippen molar-refractivity contribution in [2.24, 2.45) is 0 Å². The Bertz CT molecular complexity index is 558. The van der Waals surface area contributed by atoms with Crippen molar-refractivity contribution in [1.82, 2.24) is 15.2 Å². The largest absolute Gasteiger partial charge is 0.493 e. The van der Waals surface area contributed by atoms with E-state index < -0.39 is 0 Å². The lowest BCUT2D eigenvalue weighted by Crippen LogP contribution is -2.44. The van der Waals surface area contributed by atoms with E-state index in [2.05, 4.69) is 10.3 Å². The number of hydrogen-bond acceptors (Lipinski definition) is 6. The molecule has 0 aliphatic carbocycles. The minimum absolute atomic E-state index is 0.284. The van der Waals surface area contributed by atoms with Crippen LogP contribution in [0.3, 0.4) is 0 Å². The predicted octanol–water partition coefficient (Wildman–Crippen LogP) is 1.17. The summed E-state index contributed by atoms with van der Waals surface area (Å²) >= 11 is 0. The molecule has 2 saturated heterocycles. The van der Waals surface area contributed by atoms with Crippen molar-refractivity contribution >= 4 is 6.09 Å². The molecule has 0 unspecified atom stereocenters. The van der Waals surface area contributed by atoms with Gasteiger partial charge < -0.3 is 19.5 Å². The Morgan fingerprint density at radius 2 is 2.14 bits per heavy atom. The van der Waals surface area contributed by atoms with Gasteiger partial charge in [0.2, 0.25) is 0 Å². The lowest BCUT2D eigenvalue weighted by Gasteiger charge is -2.31. The lowest BCUT2D eigenvalue weighted by molar-refractivity contribution is 0.0316. The van der Waals surface area contributed by atoms with Gasteiger partial charge in [-0.2, -0.15) is 0 Å². The molecule has 1 aromatic heterocycles. The summed E-state index contributed by atoms with van der Waals surface area (Å²) in [5.41, 5.74) is 0.318. The fraction of sp³-hybridized carbons (Fsp3) is 0.600. The molecule has 7 nitrogen and oxygen atoms in total. The van der Waals surface area contributed by atoms with E-state index in [0.717, 1.165) is 25.9 Å². The highest BCUT2D eigenvalue weighted by Gasteiger charge is 2.45. The highest BCUT2D eigenvalue weighted by atomic mass is 16.6. The van der Waals surface area contributed by atoms with Gasteiger partial charge in [0.1, 0.15) is 11.3 Å². The van der Waals surface area contributed by atoms with E-state index in [1.165, 1.54) is 0 Å². The zero-order chi connectivity index (χ0) is 15.6. The number of piperidine rings is 1. The van der Waals surface area contributed by atoms with Crippen LogP contribution in [0.2, 0.25) is 0 Å². The summed E-state index contributed by atoms with van der Waals surface area (Å²) < 4.78 is 16.3. The maximum Gasteiger partial charge on any atom is 0.410 e. The normalized spacial score (nSPS) is 20.1. The van der Waals surface area contributed by atoms with Crippen LogP contribution in [-0.4, -0.2) is 55.4 Å². The SMILES string of the molecule is COc1ccnc(CN2CC3(CCNCC3)OC2=O)c1OC. The van der Waals surface area contributed by atoms with Crippen molar-refractivity contribution in [3.05, 3.63) is 18.0 Å². The minimum atomic E-state index is -0.353. The van der Waals surface area contributed by atoms with Gasteiger partial charge in [0.25, 0.3) is 0 Å². The van der Waals surface area contributed by atoms with Gasteiger partial charge in [0, 0.05) is 25.1 Å². The number of carbonyl (C=O) groups excluding carboxylic acids is 1. The van der Waals surface area contributed by atoms with Gasteiger partial charge in [-0.1, -0.05) is 0 Å². The van der Waals surface area contributed by atoms with Crippen molar-refractivity contribution in [3.63, 3.8) is 0 Å². The molecule has 2 aliphatic heterocycles. The van der Waals surface area contributed by atoms with Gasteiger partial charge in [-0.05, 0) is 13.1 Å². The summed E-state index contributed by atoms with van der Waals surface area (Å²) in [5, 5.41) is 3.29. The number of hydrogen-bond donors (Lipinski definition) is 1. The van der Waals surface area contributed by atoms with Crippen LogP contribution in [0.5, 0.6) is 11.5 Å². The maximum absolute atomic E-state index is 12.2. The molecule has 3 heterocycles. The Labute approximate surface area is 129 Å². The molecule has 2 aliphatic rings. The smallest absolute Gasteiger partial charge is 0.410 e. The Hall–Kier alpha value is -2.02. The summed E-state index contributed by atoms with van der Waals surface area (Å²) in [6, 6.07) is 1.74. The van der Waals surface area contributed by atoms with Crippen LogP contribution in [0.25, 0.3) is 0 Å². The molecular formula is C15H21N3O4. The van der Waals surface area contributed by atoms with Gasteiger partial charge in [-0.15, -0.1) is 0 Å². The van der Waals surface area contributed by atoms with Crippen molar-refractivity contribution in [2.75, 3.05) is 33.9 Å². The monoisotopic (exact) mass is 307 g/mol. The summed E-state index contributed by atoms with van der Waals surface area (Å²) in [4.78, 5) is 18.2. The molecule has 7 heteroatoms. The second-order valence-corrected chi connectivity index (χ2v) is 5.65. The topological polar surface area (TPSA) is 72.9 Å². The summed E-state index contributed by atoms with van der Waals surface area (Å²) in [6.07, 6.45) is 3.06. The number of nitrogens with one attached hydrogen (secondary N) is 1. The first kappa shape index (κ1) is 14.9. The van der Waals surface area contributed by atoms with Crippen LogP contribution >= 0.6 is 0 Å². The third-order valence-electron chi connectivity index (χ3n) is 4.26. The van der Waals surface area contributed by atoms with Crippen molar-refractivity contribution in [2.45, 2.75) is 25.0 Å². The number of ether oxygens (including phenoxy) is 3. The molecule has 1 amide bonds. The summed E-state index contributed by atoms with van der Waals surface area (Å²) in [7, 11) is 3.15. The van der Waals surface area contributed by atoms with Crippen LogP contribution in [0.1, 0.15) is 18.5 Å². The first-order valence-corrected chi connectivity index (χ1v) is 7.42. The average Bonchev–Trinajstić information content (AvgIpc) is 2.82. The number of rotatable bonds is 4. The van der Waals surface area contributed by atoms with Gasteiger partial charge in [-0.25, -0.2) is 4.79 Å². The molecule has 0 saturated carbocycles. The Morgan fingerprint density at radius 1 is 1.36 bits per heavy atom. The second-order valence-electron chi connectivity index (χ2n) is 5.65. The van der Waals surface area contributed by atoms with Crippen LogP contribution in [0, 0.1) is 0 Å². The molecule has 0 aromatic carbocycles. The Morgan fingerprint density at radius 3 is 2.82 bits per heavy atom. The number of carbonyl (C=O) groups is 1. The molecular weight excluding hydrogens is 286 g/mol. The molecule has 2 fully saturated rings. The van der Waals surface area contributed by atoms with E-state index in [-0.39, 0.29) is 11.7 Å². The van der Waals surface area contributed by atoms with Gasteiger partial charge in [0.05, 0.1) is 27.3 Å². The summed E-state index contributed by atoms with van der Waals surface area (Å²) in [5.74, 6) is 1.17. The Balaban J connectivity index is 1.77. The van der Waals surface area contributed by atoms with Gasteiger partial charge >= 0.3 is 6.09 Å². The third kappa shape index (κ3) is 2.68. The molecule has 1 spiro atoms. The summed E-state index contributed by atoms with van der Waals surface area (Å²) in [6.45, 7) is 2.70. The molecule has 0 atom stereocenters. The zero-order valence-corrected chi connectivity index (χ0v) is 12.9. The quantitative estimate of drug-likeness (QED) is 0.900. The molecule has 0 radical (unpaired) electrons. The molecule has 1 aromatic rings. The van der Waals surface area contributed by atoms with Gasteiger partial charge in [0.15, 0.2) is 11.5 Å². The van der Waals surface area contributed by atoms with Crippen molar-refractivity contribution in [1.29, 1.82) is 0 Å². The van der Waals surface area contributed by atoms with Gasteiger partial charge in [-0.3, -0.25) is 9.88 Å². The first-order valence-electron chi connectivity index (χ1n) is 7.42. The molecule has 3 rings (SSSR count). The molecule has 22 heavy (non-hydrogen) atoms. The van der Waals surface area contributed by atoms with E-state index in [4.69, 9.17) is 14.2 Å². The van der Waals surface area contributed by atoms with Crippen LogP contribution < -0.4 is 14.8 Å². The third-order valence-corrected chi connectivity index (χ3v) is 4.26. The lowest BCUT2D eigenvalue weighted by atomic mass is 9.92. The van der Waals surface area contributed by atoms with Crippen molar-refractivity contribution < 1.29 is 19.0 Å². The zero-order valence-electron chi connectivity index (χ0n) is 12.9. The molecule has 120 valence electrons. The fourth-order valence-corrected chi connectivity index (χ4v) is 3.10. The first-order chi connectivity index (χ1) is 10.7. The van der Waals surface area contributed by atoms with E-state index in [9.17, 15) is 4.79 Å². The Kier molecular flexibility index (Phi) is 4.06. The van der Waals surface area contributed by atoms with E-state index in [1.54, 1.807) is 31.4 Å². The van der Waals surface area contributed by atoms with E-state index in [1.807, 2.05) is 0 Å². The number of amides is 1. The number of aromatic nitrogens is 1. The molecule has 1 N–H and O–H groups in total. The highest BCUT2D eigenvalue weighted by molar-refractivity contribution is 5.71. The van der Waals surface area contributed by atoms with Crippen LogP contribution in [0.4, 0.5) is 4.79 Å². The number of methoxy groups -OCH3 is 2. The van der Waals surface area contributed by atoms with Crippen LogP contribution in [-0.2, 0) is 11.3 Å². The van der Waals surface area contributed by atoms with E-state index >= 15 is 0 Å². The minimum Gasteiger partial charge on any atom is -0.493 e. The predicted molar refractivity (Wildman–Crippen MR) is 79.1 cm³/mol. The molecule has 0 bridgehead atoms. The average molecular weight is 307 g/mol. The fourth-order valence-electron chi connectivity index (χ4n) is 3.10. The number of pyridine rings is 1. The van der Waals surface area contributed by atoms with Crippen molar-refractivity contribution in [3.8, 4) is 11.5 Å². The standard InChI is InChI=1S/C15H21N3O4/c1-20-12-3-6-17-11(13(12)21-2)9-18-10-15(22-14(18)19)4-7-16-8-5-15/h3,6,16H,4-5,7-10H2,1-2H3. The second kappa shape index (κ2) is 6.00. The van der Waals surface area contributed by atoms with Crippen LogP contribution in [0.15, 0.2) is 12.3 Å². The maximum atomic E-state index is 12.2. The van der Waals surface area contributed by atoms with E-state index in [0.29, 0.717) is 30.3 Å².